The summed E-state index contributed by atoms with van der Waals surface area (Å²) < 4.78 is 3.90. The number of carbonyl (C=O) groups is 2. The fourth-order valence-corrected chi connectivity index (χ4v) is 3.91. The summed E-state index contributed by atoms with van der Waals surface area (Å²) in [7, 11) is 1.82. The van der Waals surface area contributed by atoms with Gasteiger partial charge in [-0.2, -0.15) is 0 Å². The number of amides is 2. The number of fused-ring (bicyclic) bond motifs is 1. The number of benzene rings is 2. The minimum atomic E-state index is -0.237. The third-order valence-electron chi connectivity index (χ3n) is 4.78. The molecule has 0 aliphatic carbocycles. The van der Waals surface area contributed by atoms with E-state index in [1.165, 1.54) is 11.8 Å². The Morgan fingerprint density at radius 1 is 1.06 bits per heavy atom. The lowest BCUT2D eigenvalue weighted by Gasteiger charge is -2.09. The molecule has 158 valence electrons. The van der Waals surface area contributed by atoms with Gasteiger partial charge in [0.05, 0.1) is 5.75 Å². The minimum Gasteiger partial charge on any atom is -0.348 e. The fraction of sp³-hybridized carbons (Fsp3) is 0.182. The molecule has 0 spiro atoms. The van der Waals surface area contributed by atoms with Gasteiger partial charge in [-0.25, -0.2) is 0 Å². The molecule has 2 aromatic heterocycles. The molecule has 9 heteroatoms. The van der Waals surface area contributed by atoms with E-state index < -0.39 is 0 Å². The molecule has 2 heterocycles. The normalized spacial score (nSPS) is 10.9. The van der Waals surface area contributed by atoms with Crippen molar-refractivity contribution in [2.45, 2.75) is 18.6 Å². The number of anilines is 2. The topological polar surface area (TPSA) is 93.8 Å². The van der Waals surface area contributed by atoms with E-state index in [1.54, 1.807) is 35.2 Å². The summed E-state index contributed by atoms with van der Waals surface area (Å²) in [5.41, 5.74) is 2.88. The highest BCUT2D eigenvalue weighted by atomic mass is 32.2. The first-order valence-corrected chi connectivity index (χ1v) is 10.8. The molecule has 0 saturated heterocycles. The zero-order chi connectivity index (χ0) is 21.8. The first-order chi connectivity index (χ1) is 15.0. The van der Waals surface area contributed by atoms with Gasteiger partial charge in [0, 0.05) is 47.6 Å². The van der Waals surface area contributed by atoms with Gasteiger partial charge in [-0.3, -0.25) is 9.59 Å². The molecular formula is C22H22N6O2S. The van der Waals surface area contributed by atoms with E-state index in [1.807, 2.05) is 37.5 Å². The average Bonchev–Trinajstić information content (AvgIpc) is 3.37. The van der Waals surface area contributed by atoms with Gasteiger partial charge >= 0.3 is 0 Å². The van der Waals surface area contributed by atoms with Gasteiger partial charge in [-0.15, -0.1) is 10.2 Å². The smallest absolute Gasteiger partial charge is 0.255 e. The molecule has 0 atom stereocenters. The van der Waals surface area contributed by atoms with Crippen LogP contribution in [0.4, 0.5) is 11.4 Å². The van der Waals surface area contributed by atoms with E-state index in [0.717, 1.165) is 23.1 Å². The molecule has 2 amide bonds. The standard InChI is InChI=1S/C22H22N6O2S/c1-3-28-10-9-15-11-18(7-8-19(15)28)25-21(30)16-5-4-6-17(12-16)24-20(29)13-31-22-26-23-14-27(22)2/h4-12,14H,3,13H2,1-2H3,(H,24,29)(H,25,30). The van der Waals surface area contributed by atoms with Crippen molar-refractivity contribution in [2.75, 3.05) is 16.4 Å². The van der Waals surface area contributed by atoms with Gasteiger partial charge < -0.3 is 19.8 Å². The number of carbonyl (C=O) groups excluding carboxylic acids is 2. The maximum absolute atomic E-state index is 12.7. The highest BCUT2D eigenvalue weighted by Gasteiger charge is 2.11. The molecule has 0 fully saturated rings. The maximum Gasteiger partial charge on any atom is 0.255 e. The average molecular weight is 435 g/mol. The van der Waals surface area contributed by atoms with Crippen LogP contribution in [0.15, 0.2) is 66.2 Å². The van der Waals surface area contributed by atoms with Crippen LogP contribution in [-0.2, 0) is 18.4 Å². The second-order valence-corrected chi connectivity index (χ2v) is 7.91. The Bertz CT molecular complexity index is 1250. The van der Waals surface area contributed by atoms with Crippen LogP contribution in [0.3, 0.4) is 0 Å². The molecule has 4 aromatic rings. The molecule has 31 heavy (non-hydrogen) atoms. The predicted molar refractivity (Wildman–Crippen MR) is 122 cm³/mol. The minimum absolute atomic E-state index is 0.184. The first kappa shape index (κ1) is 20.7. The SMILES string of the molecule is CCn1ccc2cc(NC(=O)c3cccc(NC(=O)CSc4nncn4C)c3)ccc21. The van der Waals surface area contributed by atoms with Crippen molar-refractivity contribution in [1.29, 1.82) is 0 Å². The van der Waals surface area contributed by atoms with Crippen LogP contribution in [0.25, 0.3) is 10.9 Å². The summed E-state index contributed by atoms with van der Waals surface area (Å²) in [4.78, 5) is 25.0. The number of nitrogens with zero attached hydrogens (tertiary/aromatic N) is 4. The summed E-state index contributed by atoms with van der Waals surface area (Å²) in [6, 6.07) is 14.7. The Morgan fingerprint density at radius 3 is 2.68 bits per heavy atom. The number of rotatable bonds is 7. The van der Waals surface area contributed by atoms with Crippen molar-refractivity contribution in [2.24, 2.45) is 7.05 Å². The van der Waals surface area contributed by atoms with Gasteiger partial charge in [0.1, 0.15) is 6.33 Å². The molecule has 0 radical (unpaired) electrons. The molecule has 4 rings (SSSR count). The highest BCUT2D eigenvalue weighted by Crippen LogP contribution is 2.22. The van der Waals surface area contributed by atoms with Crippen molar-refractivity contribution in [3.05, 3.63) is 66.6 Å². The zero-order valence-corrected chi connectivity index (χ0v) is 18.0. The molecular weight excluding hydrogens is 412 g/mol. The van der Waals surface area contributed by atoms with E-state index in [9.17, 15) is 9.59 Å². The zero-order valence-electron chi connectivity index (χ0n) is 17.2. The Morgan fingerprint density at radius 2 is 1.90 bits per heavy atom. The number of thioether (sulfide) groups is 1. The Balaban J connectivity index is 1.39. The number of hydrogen-bond donors (Lipinski definition) is 2. The highest BCUT2D eigenvalue weighted by molar-refractivity contribution is 7.99. The Hall–Kier alpha value is -3.59. The molecule has 0 aliphatic rings. The van der Waals surface area contributed by atoms with E-state index in [2.05, 4.69) is 32.3 Å². The molecule has 0 bridgehead atoms. The van der Waals surface area contributed by atoms with Crippen LogP contribution in [0, 0.1) is 0 Å². The molecule has 2 N–H and O–H groups in total. The van der Waals surface area contributed by atoms with Gasteiger partial charge in [0.25, 0.3) is 5.91 Å². The lowest BCUT2D eigenvalue weighted by atomic mass is 10.1. The molecule has 0 aliphatic heterocycles. The molecule has 0 saturated carbocycles. The Kier molecular flexibility index (Phi) is 6.03. The first-order valence-electron chi connectivity index (χ1n) is 9.80. The third-order valence-corrected chi connectivity index (χ3v) is 5.81. The quantitative estimate of drug-likeness (QED) is 0.432. The van der Waals surface area contributed by atoms with Crippen molar-refractivity contribution in [3.63, 3.8) is 0 Å². The molecule has 8 nitrogen and oxygen atoms in total. The van der Waals surface area contributed by atoms with Crippen LogP contribution < -0.4 is 10.6 Å². The van der Waals surface area contributed by atoms with Crippen molar-refractivity contribution >= 4 is 45.9 Å². The number of aryl methyl sites for hydroxylation is 2. The van der Waals surface area contributed by atoms with Crippen LogP contribution >= 0.6 is 11.8 Å². The van der Waals surface area contributed by atoms with Crippen LogP contribution in [0.1, 0.15) is 17.3 Å². The summed E-state index contributed by atoms with van der Waals surface area (Å²) in [6.07, 6.45) is 3.62. The van der Waals surface area contributed by atoms with Crippen molar-refractivity contribution < 1.29 is 9.59 Å². The molecule has 0 unspecified atom stereocenters. The van der Waals surface area contributed by atoms with E-state index >= 15 is 0 Å². The van der Waals surface area contributed by atoms with Gasteiger partial charge in [0.2, 0.25) is 5.91 Å². The van der Waals surface area contributed by atoms with Crippen molar-refractivity contribution in [3.8, 4) is 0 Å². The Labute approximate surface area is 183 Å². The molecule has 2 aromatic carbocycles. The van der Waals surface area contributed by atoms with Crippen molar-refractivity contribution in [1.82, 2.24) is 19.3 Å². The number of aromatic nitrogens is 4. The van der Waals surface area contributed by atoms with Gasteiger partial charge in [-0.1, -0.05) is 17.8 Å². The second-order valence-electron chi connectivity index (χ2n) is 6.97. The van der Waals surface area contributed by atoms with Crippen LogP contribution in [0.5, 0.6) is 0 Å². The predicted octanol–water partition coefficient (Wildman–Crippen LogP) is 3.77. The maximum atomic E-state index is 12.7. The summed E-state index contributed by atoms with van der Waals surface area (Å²) in [5, 5.41) is 15.2. The van der Waals surface area contributed by atoms with E-state index in [4.69, 9.17) is 0 Å². The van der Waals surface area contributed by atoms with Crippen LogP contribution in [-0.4, -0.2) is 36.9 Å². The largest absolute Gasteiger partial charge is 0.348 e. The van der Waals surface area contributed by atoms with E-state index in [-0.39, 0.29) is 17.6 Å². The van der Waals surface area contributed by atoms with Gasteiger partial charge in [-0.05, 0) is 49.4 Å². The number of nitrogens with one attached hydrogen (secondary N) is 2. The van der Waals surface area contributed by atoms with Gasteiger partial charge in [0.15, 0.2) is 5.16 Å². The third kappa shape index (κ3) is 4.77. The summed E-state index contributed by atoms with van der Waals surface area (Å²) in [6.45, 7) is 2.99. The summed E-state index contributed by atoms with van der Waals surface area (Å²) in [5.74, 6) is -0.226. The summed E-state index contributed by atoms with van der Waals surface area (Å²) >= 11 is 1.29. The monoisotopic (exact) mass is 434 g/mol. The fourth-order valence-electron chi connectivity index (χ4n) is 3.23. The van der Waals surface area contributed by atoms with E-state index in [0.29, 0.717) is 16.4 Å². The second kappa shape index (κ2) is 9.05. The lowest BCUT2D eigenvalue weighted by molar-refractivity contribution is -0.113. The number of hydrogen-bond acceptors (Lipinski definition) is 5. The van der Waals surface area contributed by atoms with Crippen LogP contribution in [0.2, 0.25) is 0 Å². The lowest BCUT2D eigenvalue weighted by Crippen LogP contribution is -2.16.